The van der Waals surface area contributed by atoms with Gasteiger partial charge in [-0.25, -0.2) is 9.48 Å². The van der Waals surface area contributed by atoms with E-state index >= 15 is 0 Å². The smallest absolute Gasteiger partial charge is 0.337 e. The first-order valence-electron chi connectivity index (χ1n) is 12.7. The van der Waals surface area contributed by atoms with Crippen LogP contribution < -0.4 is 5.32 Å². The van der Waals surface area contributed by atoms with E-state index in [1.807, 2.05) is 36.4 Å². The fourth-order valence-corrected chi connectivity index (χ4v) is 5.05. The maximum absolute atomic E-state index is 11.7. The van der Waals surface area contributed by atoms with Gasteiger partial charge in [-0.2, -0.15) is 0 Å². The van der Waals surface area contributed by atoms with Crippen molar-refractivity contribution in [3.05, 3.63) is 95.1 Å². The van der Waals surface area contributed by atoms with Crippen LogP contribution >= 0.6 is 0 Å². The lowest BCUT2D eigenvalue weighted by Gasteiger charge is -2.43. The van der Waals surface area contributed by atoms with E-state index in [1.165, 1.54) is 7.11 Å². The van der Waals surface area contributed by atoms with Crippen LogP contribution in [-0.4, -0.2) is 68.5 Å². The molecule has 196 valence electrons. The summed E-state index contributed by atoms with van der Waals surface area (Å²) in [6, 6.07) is 23.8. The van der Waals surface area contributed by atoms with Crippen molar-refractivity contribution in [3.8, 4) is 17.1 Å². The summed E-state index contributed by atoms with van der Waals surface area (Å²) < 4.78 is 6.52. The van der Waals surface area contributed by atoms with Gasteiger partial charge < -0.3 is 15.2 Å². The number of phenols is 1. The monoisotopic (exact) mass is 512 g/mol. The molecule has 0 aliphatic carbocycles. The van der Waals surface area contributed by atoms with Gasteiger partial charge in [0.15, 0.2) is 5.82 Å². The summed E-state index contributed by atoms with van der Waals surface area (Å²) in [4.78, 5) is 14.2. The number of ether oxygens (including phenoxy) is 1. The molecule has 5 rings (SSSR count). The maximum Gasteiger partial charge on any atom is 0.337 e. The number of tetrazole rings is 1. The van der Waals surface area contributed by atoms with Gasteiger partial charge in [0.1, 0.15) is 5.75 Å². The van der Waals surface area contributed by atoms with E-state index in [0.717, 1.165) is 35.3 Å². The fourth-order valence-electron chi connectivity index (χ4n) is 5.05. The van der Waals surface area contributed by atoms with Crippen LogP contribution in [0.15, 0.2) is 72.8 Å². The Labute approximate surface area is 222 Å². The predicted molar refractivity (Wildman–Crippen MR) is 144 cm³/mol. The molecule has 0 amide bonds. The quantitative estimate of drug-likeness (QED) is 0.362. The van der Waals surface area contributed by atoms with Gasteiger partial charge in [-0.15, -0.1) is 5.10 Å². The minimum Gasteiger partial charge on any atom is -0.508 e. The highest BCUT2D eigenvalue weighted by molar-refractivity contribution is 5.89. The van der Waals surface area contributed by atoms with Crippen LogP contribution in [0.4, 0.5) is 0 Å². The molecule has 2 heterocycles. The summed E-state index contributed by atoms with van der Waals surface area (Å²) in [5, 5.41) is 26.1. The van der Waals surface area contributed by atoms with Crippen LogP contribution in [0.5, 0.6) is 5.75 Å². The molecule has 2 N–H and O–H groups in total. The van der Waals surface area contributed by atoms with Crippen molar-refractivity contribution in [2.24, 2.45) is 0 Å². The number of piperazine rings is 1. The molecule has 3 aromatic carbocycles. The SMILES string of the molecule is COC(=O)c1ccc(Cn2nnnc2-c2ccc([C@H](c3cccc(O)c3)N3C[C@@H](C)NC[C@@H]3C)cc2)cc1. The van der Waals surface area contributed by atoms with Crippen molar-refractivity contribution in [1.29, 1.82) is 0 Å². The minimum atomic E-state index is -0.367. The molecular formula is C29H32N6O3. The zero-order chi connectivity index (χ0) is 26.6. The summed E-state index contributed by atoms with van der Waals surface area (Å²) in [5.74, 6) is 0.554. The van der Waals surface area contributed by atoms with Gasteiger partial charge in [0.25, 0.3) is 0 Å². The number of carbonyl (C=O) groups is 1. The zero-order valence-electron chi connectivity index (χ0n) is 21.8. The number of rotatable bonds is 7. The number of carbonyl (C=O) groups excluding carboxylic acids is 1. The van der Waals surface area contributed by atoms with E-state index in [2.05, 4.69) is 57.8 Å². The maximum atomic E-state index is 11.7. The number of aromatic nitrogens is 4. The summed E-state index contributed by atoms with van der Waals surface area (Å²) in [5.41, 5.74) is 4.56. The molecule has 1 aliphatic heterocycles. The fraction of sp³-hybridized carbons (Fsp3) is 0.310. The Hall–Kier alpha value is -4.08. The van der Waals surface area contributed by atoms with Gasteiger partial charge in [-0.05, 0) is 65.2 Å². The molecule has 9 nitrogen and oxygen atoms in total. The number of hydrogen-bond acceptors (Lipinski definition) is 8. The number of nitrogens with zero attached hydrogens (tertiary/aromatic N) is 5. The zero-order valence-corrected chi connectivity index (χ0v) is 21.8. The van der Waals surface area contributed by atoms with E-state index in [9.17, 15) is 9.90 Å². The number of nitrogens with one attached hydrogen (secondary N) is 1. The molecular weight excluding hydrogens is 480 g/mol. The first kappa shape index (κ1) is 25.6. The van der Waals surface area contributed by atoms with Gasteiger partial charge in [-0.3, -0.25) is 4.90 Å². The number of methoxy groups -OCH3 is 1. The van der Waals surface area contributed by atoms with Gasteiger partial charge >= 0.3 is 5.97 Å². The number of esters is 1. The van der Waals surface area contributed by atoms with Crippen molar-refractivity contribution in [1.82, 2.24) is 30.4 Å². The second-order valence-electron chi connectivity index (χ2n) is 9.82. The standard InChI is InChI=1S/C29H32N6O3/c1-19-17-34(20(2)16-30-19)27(25-5-4-6-26(36)15-25)22-11-13-23(14-12-22)28-31-32-33-35(28)18-21-7-9-24(10-8-21)29(37)38-3/h4-15,19-20,27,30,36H,16-18H2,1-3H3/t19-,20+,27-/m1/s1. The van der Waals surface area contributed by atoms with Gasteiger partial charge in [0.2, 0.25) is 0 Å². The predicted octanol–water partition coefficient (Wildman–Crippen LogP) is 3.65. The molecule has 0 unspecified atom stereocenters. The highest BCUT2D eigenvalue weighted by Gasteiger charge is 2.31. The topological polar surface area (TPSA) is 105 Å². The normalized spacial score (nSPS) is 18.7. The summed E-state index contributed by atoms with van der Waals surface area (Å²) in [6.45, 7) is 6.70. The average molecular weight is 513 g/mol. The Bertz CT molecular complexity index is 1390. The van der Waals surface area contributed by atoms with E-state index < -0.39 is 0 Å². The second kappa shape index (κ2) is 11.1. The first-order chi connectivity index (χ1) is 18.4. The lowest BCUT2D eigenvalue weighted by atomic mass is 9.93. The van der Waals surface area contributed by atoms with Crippen LogP contribution in [0.1, 0.15) is 46.9 Å². The third-order valence-corrected chi connectivity index (χ3v) is 7.05. The number of phenolic OH excluding ortho intramolecular Hbond substituents is 1. The molecule has 0 spiro atoms. The van der Waals surface area contributed by atoms with E-state index in [4.69, 9.17) is 4.74 Å². The largest absolute Gasteiger partial charge is 0.508 e. The Morgan fingerprint density at radius 2 is 1.84 bits per heavy atom. The van der Waals surface area contributed by atoms with Crippen LogP contribution in [0.3, 0.4) is 0 Å². The molecule has 0 radical (unpaired) electrons. The van der Waals surface area contributed by atoms with Crippen molar-refractivity contribution in [2.75, 3.05) is 20.2 Å². The molecule has 0 saturated carbocycles. The Balaban J connectivity index is 1.42. The highest BCUT2D eigenvalue weighted by atomic mass is 16.5. The molecule has 1 fully saturated rings. The van der Waals surface area contributed by atoms with Crippen molar-refractivity contribution in [3.63, 3.8) is 0 Å². The van der Waals surface area contributed by atoms with Crippen molar-refractivity contribution >= 4 is 5.97 Å². The van der Waals surface area contributed by atoms with Gasteiger partial charge in [-0.1, -0.05) is 48.5 Å². The summed E-state index contributed by atoms with van der Waals surface area (Å²) in [7, 11) is 1.37. The van der Waals surface area contributed by atoms with Crippen LogP contribution in [-0.2, 0) is 11.3 Å². The van der Waals surface area contributed by atoms with Crippen LogP contribution in [0.2, 0.25) is 0 Å². The van der Waals surface area contributed by atoms with E-state index in [-0.39, 0.29) is 17.8 Å². The number of benzene rings is 3. The Morgan fingerprint density at radius 1 is 1.08 bits per heavy atom. The molecule has 1 aromatic heterocycles. The Kier molecular flexibility index (Phi) is 7.48. The van der Waals surface area contributed by atoms with Crippen LogP contribution in [0.25, 0.3) is 11.4 Å². The van der Waals surface area contributed by atoms with Crippen molar-refractivity contribution < 1.29 is 14.6 Å². The third-order valence-electron chi connectivity index (χ3n) is 7.05. The third kappa shape index (κ3) is 5.44. The summed E-state index contributed by atoms with van der Waals surface area (Å²) >= 11 is 0. The highest BCUT2D eigenvalue weighted by Crippen LogP contribution is 2.34. The van der Waals surface area contributed by atoms with E-state index in [0.29, 0.717) is 30.0 Å². The lowest BCUT2D eigenvalue weighted by molar-refractivity contribution is 0.0600. The molecule has 1 saturated heterocycles. The number of aromatic hydroxyl groups is 1. The molecule has 9 heteroatoms. The first-order valence-corrected chi connectivity index (χ1v) is 12.7. The van der Waals surface area contributed by atoms with Crippen LogP contribution in [0, 0.1) is 0 Å². The van der Waals surface area contributed by atoms with Gasteiger partial charge in [0.05, 0.1) is 25.3 Å². The second-order valence-corrected chi connectivity index (χ2v) is 9.82. The lowest BCUT2D eigenvalue weighted by Crippen LogP contribution is -2.55. The molecule has 3 atom stereocenters. The Morgan fingerprint density at radius 3 is 2.55 bits per heavy atom. The van der Waals surface area contributed by atoms with Crippen molar-refractivity contribution in [2.45, 2.75) is 38.5 Å². The van der Waals surface area contributed by atoms with Gasteiger partial charge in [0, 0.05) is 30.7 Å². The molecule has 38 heavy (non-hydrogen) atoms. The molecule has 1 aliphatic rings. The molecule has 4 aromatic rings. The summed E-state index contributed by atoms with van der Waals surface area (Å²) in [6.07, 6.45) is 0. The average Bonchev–Trinajstić information content (AvgIpc) is 3.39. The van der Waals surface area contributed by atoms with E-state index in [1.54, 1.807) is 22.9 Å². The number of hydrogen-bond donors (Lipinski definition) is 2. The molecule has 0 bridgehead atoms. The minimum absolute atomic E-state index is 0.0000187.